The van der Waals surface area contributed by atoms with Crippen LogP contribution in [0.5, 0.6) is 0 Å². The second kappa shape index (κ2) is 7.18. The average Bonchev–Trinajstić information content (AvgIpc) is 3.09. The number of halogens is 2. The topological polar surface area (TPSA) is 66.1 Å². The first-order chi connectivity index (χ1) is 13.0. The van der Waals surface area contributed by atoms with Crippen molar-refractivity contribution >= 4 is 29.1 Å². The second-order valence-electron chi connectivity index (χ2n) is 6.38. The van der Waals surface area contributed by atoms with Crippen molar-refractivity contribution in [3.05, 3.63) is 97.1 Å². The molecule has 1 aliphatic rings. The van der Waals surface area contributed by atoms with Crippen LogP contribution in [0.3, 0.4) is 0 Å². The molecule has 1 aromatic heterocycles. The molecule has 5 nitrogen and oxygen atoms in total. The predicted molar refractivity (Wildman–Crippen MR) is 104 cm³/mol. The number of aromatic nitrogens is 2. The first-order valence-corrected chi connectivity index (χ1v) is 9.15. The molecule has 1 aliphatic heterocycles. The third-order valence-corrected chi connectivity index (χ3v) is 5.32. The van der Waals surface area contributed by atoms with Crippen molar-refractivity contribution in [2.45, 2.75) is 19.5 Å². The van der Waals surface area contributed by atoms with E-state index in [9.17, 15) is 9.59 Å². The molecule has 0 aliphatic carbocycles. The lowest BCUT2D eigenvalue weighted by Gasteiger charge is -2.15. The highest BCUT2D eigenvalue weighted by atomic mass is 35.5. The Hall–Kier alpha value is -2.63. The number of rotatable bonds is 3. The van der Waals surface area contributed by atoms with Crippen LogP contribution < -0.4 is 5.56 Å². The molecule has 0 unspecified atom stereocenters. The average molecular weight is 400 g/mol. The van der Waals surface area contributed by atoms with Gasteiger partial charge in [-0.2, -0.15) is 0 Å². The summed E-state index contributed by atoms with van der Waals surface area (Å²) in [6.45, 7) is 0.983. The van der Waals surface area contributed by atoms with Crippen LogP contribution in [0.2, 0.25) is 10.0 Å². The predicted octanol–water partition coefficient (Wildman–Crippen LogP) is 3.82. The zero-order chi connectivity index (χ0) is 19.0. The Kier molecular flexibility index (Phi) is 4.72. The molecule has 7 heteroatoms. The first kappa shape index (κ1) is 17.8. The number of hydrogen-bond acceptors (Lipinski definition) is 3. The molecule has 136 valence electrons. The Morgan fingerprint density at radius 2 is 1.67 bits per heavy atom. The van der Waals surface area contributed by atoms with E-state index in [1.807, 2.05) is 24.3 Å². The normalized spacial score (nSPS) is 12.9. The highest BCUT2D eigenvalue weighted by molar-refractivity contribution is 6.36. The Labute approximate surface area is 165 Å². The van der Waals surface area contributed by atoms with Crippen molar-refractivity contribution < 1.29 is 4.79 Å². The lowest BCUT2D eigenvalue weighted by atomic mass is 10.1. The SMILES string of the molecule is O=C(c1cnc(Cc2c(Cl)cccc2Cl)[nH]c1=O)N1Cc2ccccc2C1. The van der Waals surface area contributed by atoms with Gasteiger partial charge >= 0.3 is 0 Å². The maximum Gasteiger partial charge on any atom is 0.263 e. The number of H-pyrrole nitrogens is 1. The maximum atomic E-state index is 12.7. The maximum absolute atomic E-state index is 12.7. The smallest absolute Gasteiger partial charge is 0.263 e. The van der Waals surface area contributed by atoms with Gasteiger partial charge in [0.2, 0.25) is 0 Å². The molecule has 1 N–H and O–H groups in total. The summed E-state index contributed by atoms with van der Waals surface area (Å²) in [4.78, 5) is 33.8. The fourth-order valence-electron chi connectivity index (χ4n) is 3.19. The van der Waals surface area contributed by atoms with Gasteiger partial charge in [-0.25, -0.2) is 4.98 Å². The van der Waals surface area contributed by atoms with E-state index in [0.29, 0.717) is 34.5 Å². The molecule has 0 saturated carbocycles. The van der Waals surface area contributed by atoms with Gasteiger partial charge in [0.05, 0.1) is 0 Å². The molecular weight excluding hydrogens is 385 g/mol. The van der Waals surface area contributed by atoms with Gasteiger partial charge in [0, 0.05) is 35.8 Å². The number of nitrogens with one attached hydrogen (secondary N) is 1. The molecule has 2 heterocycles. The quantitative estimate of drug-likeness (QED) is 0.727. The van der Waals surface area contributed by atoms with Crippen molar-refractivity contribution in [2.75, 3.05) is 0 Å². The lowest BCUT2D eigenvalue weighted by molar-refractivity contribution is 0.0749. The minimum atomic E-state index is -0.468. The number of amides is 1. The highest BCUT2D eigenvalue weighted by Gasteiger charge is 2.26. The van der Waals surface area contributed by atoms with Crippen LogP contribution in [0.4, 0.5) is 0 Å². The van der Waals surface area contributed by atoms with Gasteiger partial charge in [0.1, 0.15) is 11.4 Å². The van der Waals surface area contributed by atoms with Crippen molar-refractivity contribution in [3.8, 4) is 0 Å². The molecule has 27 heavy (non-hydrogen) atoms. The molecule has 0 saturated heterocycles. The fourth-order valence-corrected chi connectivity index (χ4v) is 3.72. The van der Waals surface area contributed by atoms with Crippen molar-refractivity contribution in [1.82, 2.24) is 14.9 Å². The van der Waals surface area contributed by atoms with Crippen molar-refractivity contribution in [2.24, 2.45) is 0 Å². The van der Waals surface area contributed by atoms with E-state index in [-0.39, 0.29) is 17.9 Å². The van der Waals surface area contributed by atoms with Crippen LogP contribution in [-0.4, -0.2) is 20.8 Å². The Morgan fingerprint density at radius 1 is 1.04 bits per heavy atom. The fraction of sp³-hybridized carbons (Fsp3) is 0.150. The summed E-state index contributed by atoms with van der Waals surface area (Å²) in [5, 5.41) is 1.00. The van der Waals surface area contributed by atoms with E-state index in [4.69, 9.17) is 23.2 Å². The van der Waals surface area contributed by atoms with E-state index in [0.717, 1.165) is 11.1 Å². The summed E-state index contributed by atoms with van der Waals surface area (Å²) in [6.07, 6.45) is 1.60. The monoisotopic (exact) mass is 399 g/mol. The molecule has 4 rings (SSSR count). The largest absolute Gasteiger partial charge is 0.330 e. The number of aromatic amines is 1. The second-order valence-corrected chi connectivity index (χ2v) is 7.19. The Morgan fingerprint density at radius 3 is 2.26 bits per heavy atom. The molecule has 0 atom stereocenters. The Bertz CT molecular complexity index is 1050. The van der Waals surface area contributed by atoms with Gasteiger partial charge in [-0.3, -0.25) is 9.59 Å². The summed E-state index contributed by atoms with van der Waals surface area (Å²) in [5.41, 5.74) is 2.43. The first-order valence-electron chi connectivity index (χ1n) is 8.40. The van der Waals surface area contributed by atoms with Crippen LogP contribution in [0.25, 0.3) is 0 Å². The van der Waals surface area contributed by atoms with Gasteiger partial charge < -0.3 is 9.88 Å². The van der Waals surface area contributed by atoms with Crippen LogP contribution in [0, 0.1) is 0 Å². The van der Waals surface area contributed by atoms with Gasteiger partial charge in [-0.05, 0) is 28.8 Å². The zero-order valence-electron chi connectivity index (χ0n) is 14.2. The third-order valence-electron chi connectivity index (χ3n) is 4.62. The van der Waals surface area contributed by atoms with Crippen LogP contribution in [0.1, 0.15) is 32.9 Å². The van der Waals surface area contributed by atoms with E-state index in [1.165, 1.54) is 6.20 Å². The molecular formula is C20H15Cl2N3O2. The molecule has 1 amide bonds. The van der Waals surface area contributed by atoms with Crippen molar-refractivity contribution in [3.63, 3.8) is 0 Å². The zero-order valence-corrected chi connectivity index (χ0v) is 15.7. The molecule has 3 aromatic rings. The number of nitrogens with zero attached hydrogens (tertiary/aromatic N) is 2. The lowest BCUT2D eigenvalue weighted by Crippen LogP contribution is -2.31. The van der Waals surface area contributed by atoms with Crippen LogP contribution in [-0.2, 0) is 19.5 Å². The summed E-state index contributed by atoms with van der Waals surface area (Å²) in [6, 6.07) is 13.1. The minimum Gasteiger partial charge on any atom is -0.330 e. The summed E-state index contributed by atoms with van der Waals surface area (Å²) in [7, 11) is 0. The number of carbonyl (C=O) groups is 1. The van der Waals surface area contributed by atoms with E-state index < -0.39 is 5.56 Å². The van der Waals surface area contributed by atoms with Gasteiger partial charge in [-0.1, -0.05) is 53.5 Å². The number of benzene rings is 2. The van der Waals surface area contributed by atoms with Gasteiger partial charge in [0.25, 0.3) is 11.5 Å². The molecule has 0 bridgehead atoms. The molecule has 0 radical (unpaired) electrons. The Balaban J connectivity index is 1.56. The number of fused-ring (bicyclic) bond motifs is 1. The van der Waals surface area contributed by atoms with Crippen molar-refractivity contribution in [1.29, 1.82) is 0 Å². The summed E-state index contributed by atoms with van der Waals surface area (Å²) >= 11 is 12.3. The van der Waals surface area contributed by atoms with E-state index in [2.05, 4.69) is 9.97 Å². The molecule has 0 spiro atoms. The van der Waals surface area contributed by atoms with Crippen LogP contribution >= 0.6 is 23.2 Å². The number of hydrogen-bond donors (Lipinski definition) is 1. The van der Waals surface area contributed by atoms with E-state index in [1.54, 1.807) is 23.1 Å². The van der Waals surface area contributed by atoms with Gasteiger partial charge in [-0.15, -0.1) is 0 Å². The third kappa shape index (κ3) is 3.48. The summed E-state index contributed by atoms with van der Waals surface area (Å²) in [5.74, 6) is 0.0681. The van der Waals surface area contributed by atoms with Crippen LogP contribution in [0.15, 0.2) is 53.5 Å². The minimum absolute atomic E-state index is 0.0248. The highest BCUT2D eigenvalue weighted by Crippen LogP contribution is 2.26. The number of carbonyl (C=O) groups excluding carboxylic acids is 1. The summed E-state index contributed by atoms with van der Waals surface area (Å²) < 4.78 is 0. The van der Waals surface area contributed by atoms with E-state index >= 15 is 0 Å². The standard InChI is InChI=1S/C20H15Cl2N3O2/c21-16-6-3-7-17(22)14(16)8-18-23-9-15(19(26)24-18)20(27)25-10-12-4-1-2-5-13(12)11-25/h1-7,9H,8,10-11H2,(H,23,24,26). The van der Waals surface area contributed by atoms with Gasteiger partial charge in [0.15, 0.2) is 0 Å². The molecule has 0 fully saturated rings. The molecule has 2 aromatic carbocycles.